The zero-order chi connectivity index (χ0) is 19.5. The third kappa shape index (κ3) is 3.24. The summed E-state index contributed by atoms with van der Waals surface area (Å²) in [5.74, 6) is 0.241. The minimum atomic E-state index is -0.475. The summed E-state index contributed by atoms with van der Waals surface area (Å²) >= 11 is 0. The predicted molar refractivity (Wildman–Crippen MR) is 107 cm³/mol. The molecule has 2 aromatic carbocycles. The highest BCUT2D eigenvalue weighted by atomic mass is 16.5. The van der Waals surface area contributed by atoms with Crippen LogP contribution in [0.1, 0.15) is 15.9 Å². The number of urea groups is 1. The molecule has 0 atom stereocenters. The van der Waals surface area contributed by atoms with Gasteiger partial charge in [-0.05, 0) is 17.7 Å². The number of ether oxygens (including phenoxy) is 1. The van der Waals surface area contributed by atoms with Gasteiger partial charge in [-0.2, -0.15) is 0 Å². The molecule has 2 aliphatic rings. The zero-order valence-electron chi connectivity index (χ0n) is 15.6. The number of methoxy groups -OCH3 is 1. The highest BCUT2D eigenvalue weighted by molar-refractivity contribution is 6.04. The Kier molecular flexibility index (Phi) is 4.85. The highest BCUT2D eigenvalue weighted by Crippen LogP contribution is 2.31. The van der Waals surface area contributed by atoms with E-state index in [1.807, 2.05) is 48.6 Å². The third-order valence-corrected chi connectivity index (χ3v) is 4.82. The van der Waals surface area contributed by atoms with Crippen LogP contribution >= 0.6 is 0 Å². The van der Waals surface area contributed by atoms with E-state index in [4.69, 9.17) is 4.74 Å². The fourth-order valence-corrected chi connectivity index (χ4v) is 3.51. The molecule has 0 fully saturated rings. The second-order valence-electron chi connectivity index (χ2n) is 6.63. The lowest BCUT2D eigenvalue weighted by Gasteiger charge is -2.40. The fourth-order valence-electron chi connectivity index (χ4n) is 3.51. The summed E-state index contributed by atoms with van der Waals surface area (Å²) in [6.45, 7) is 1.62. The van der Waals surface area contributed by atoms with Gasteiger partial charge in [0.2, 0.25) is 0 Å². The van der Waals surface area contributed by atoms with Crippen molar-refractivity contribution in [3.05, 3.63) is 89.3 Å². The van der Waals surface area contributed by atoms with Gasteiger partial charge < -0.3 is 15.0 Å². The Morgan fingerprint density at radius 3 is 2.64 bits per heavy atom. The molecule has 1 N–H and O–H groups in total. The molecule has 6 heteroatoms. The number of esters is 1. The van der Waals surface area contributed by atoms with Crippen LogP contribution in [0.3, 0.4) is 0 Å². The van der Waals surface area contributed by atoms with Crippen molar-refractivity contribution >= 4 is 17.7 Å². The van der Waals surface area contributed by atoms with E-state index < -0.39 is 5.97 Å². The van der Waals surface area contributed by atoms with Crippen molar-refractivity contribution in [2.45, 2.75) is 6.54 Å². The molecule has 0 saturated heterocycles. The lowest BCUT2D eigenvalue weighted by atomic mass is 10.1. The molecule has 0 unspecified atom stereocenters. The molecule has 28 heavy (non-hydrogen) atoms. The predicted octanol–water partition coefficient (Wildman–Crippen LogP) is 3.29. The SMILES string of the molecule is COC(=O)c1ccccc1N1C(=O)N(Cc2ccccc2)CC2=C1NCC=C2. The van der Waals surface area contributed by atoms with Crippen molar-refractivity contribution in [3.8, 4) is 0 Å². The third-order valence-electron chi connectivity index (χ3n) is 4.82. The fraction of sp³-hybridized carbons (Fsp3) is 0.182. The molecule has 6 nitrogen and oxygen atoms in total. The molecule has 4 rings (SSSR count). The number of benzene rings is 2. The molecule has 2 amide bonds. The van der Waals surface area contributed by atoms with E-state index in [9.17, 15) is 9.59 Å². The van der Waals surface area contributed by atoms with Gasteiger partial charge in [-0.1, -0.05) is 54.6 Å². The van der Waals surface area contributed by atoms with Crippen LogP contribution in [0.2, 0.25) is 0 Å². The van der Waals surface area contributed by atoms with Crippen LogP contribution in [0.4, 0.5) is 10.5 Å². The Hall–Kier alpha value is -3.54. The molecule has 2 heterocycles. The van der Waals surface area contributed by atoms with Crippen LogP contribution in [0.25, 0.3) is 0 Å². The molecule has 0 radical (unpaired) electrons. The van der Waals surface area contributed by atoms with Crippen molar-refractivity contribution < 1.29 is 14.3 Å². The van der Waals surface area contributed by atoms with Crippen LogP contribution in [0.15, 0.2) is 78.1 Å². The Balaban J connectivity index is 1.77. The first-order chi connectivity index (χ1) is 13.7. The Labute approximate surface area is 163 Å². The van der Waals surface area contributed by atoms with E-state index in [2.05, 4.69) is 5.32 Å². The number of hydrogen-bond acceptors (Lipinski definition) is 4. The van der Waals surface area contributed by atoms with Crippen LogP contribution in [-0.2, 0) is 11.3 Å². The van der Waals surface area contributed by atoms with Gasteiger partial charge in [0.1, 0.15) is 5.82 Å². The molecule has 2 aromatic rings. The van der Waals surface area contributed by atoms with Crippen molar-refractivity contribution in [1.82, 2.24) is 10.2 Å². The Bertz CT molecular complexity index is 966. The van der Waals surface area contributed by atoms with E-state index >= 15 is 0 Å². The van der Waals surface area contributed by atoms with Crippen LogP contribution < -0.4 is 10.2 Å². The van der Waals surface area contributed by atoms with Gasteiger partial charge in [0.25, 0.3) is 0 Å². The van der Waals surface area contributed by atoms with Gasteiger partial charge in [0, 0.05) is 18.7 Å². The van der Waals surface area contributed by atoms with Crippen LogP contribution in [-0.4, -0.2) is 37.1 Å². The molecule has 0 saturated carbocycles. The second kappa shape index (κ2) is 7.60. The average molecular weight is 375 g/mol. The maximum atomic E-state index is 13.4. The van der Waals surface area contributed by atoms with Crippen molar-refractivity contribution in [1.29, 1.82) is 0 Å². The van der Waals surface area contributed by atoms with E-state index in [1.165, 1.54) is 7.11 Å². The molecular formula is C22H21N3O3. The van der Waals surface area contributed by atoms with Gasteiger partial charge in [0.15, 0.2) is 0 Å². The monoisotopic (exact) mass is 375 g/mol. The van der Waals surface area contributed by atoms with Crippen LogP contribution in [0.5, 0.6) is 0 Å². The molecular weight excluding hydrogens is 354 g/mol. The van der Waals surface area contributed by atoms with E-state index in [-0.39, 0.29) is 6.03 Å². The van der Waals surface area contributed by atoms with E-state index in [0.717, 1.165) is 11.1 Å². The number of rotatable bonds is 4. The zero-order valence-corrected chi connectivity index (χ0v) is 15.6. The summed E-state index contributed by atoms with van der Waals surface area (Å²) in [6.07, 6.45) is 4.06. The van der Waals surface area contributed by atoms with Gasteiger partial charge in [-0.3, -0.25) is 0 Å². The lowest BCUT2D eigenvalue weighted by molar-refractivity contribution is 0.0601. The lowest BCUT2D eigenvalue weighted by Crippen LogP contribution is -2.52. The number of para-hydroxylation sites is 1. The number of hydrogen-bond donors (Lipinski definition) is 1. The normalized spacial score (nSPS) is 16.0. The Morgan fingerprint density at radius 1 is 1.11 bits per heavy atom. The van der Waals surface area contributed by atoms with Gasteiger partial charge in [-0.25, -0.2) is 14.5 Å². The van der Waals surface area contributed by atoms with Gasteiger partial charge in [0.05, 0.1) is 24.9 Å². The largest absolute Gasteiger partial charge is 0.465 e. The molecule has 0 aliphatic carbocycles. The van der Waals surface area contributed by atoms with Gasteiger partial charge >= 0.3 is 12.0 Å². The number of amides is 2. The molecule has 142 valence electrons. The quantitative estimate of drug-likeness (QED) is 0.833. The van der Waals surface area contributed by atoms with Crippen molar-refractivity contribution in [3.63, 3.8) is 0 Å². The average Bonchev–Trinajstić information content (AvgIpc) is 2.74. The van der Waals surface area contributed by atoms with E-state index in [0.29, 0.717) is 36.7 Å². The first-order valence-electron chi connectivity index (χ1n) is 9.13. The highest BCUT2D eigenvalue weighted by Gasteiger charge is 2.35. The number of dihydropyridines is 1. The Morgan fingerprint density at radius 2 is 1.86 bits per heavy atom. The summed E-state index contributed by atoms with van der Waals surface area (Å²) in [6, 6.07) is 16.7. The number of carbonyl (C=O) groups excluding carboxylic acids is 2. The second-order valence-corrected chi connectivity index (χ2v) is 6.63. The maximum absolute atomic E-state index is 13.4. The minimum Gasteiger partial charge on any atom is -0.465 e. The summed E-state index contributed by atoms with van der Waals surface area (Å²) in [5.41, 5.74) is 2.91. The topological polar surface area (TPSA) is 61.9 Å². The standard InChI is InChI=1S/C22H21N3O3/c1-28-21(26)18-11-5-6-12-19(18)25-20-17(10-7-13-23-20)15-24(22(25)27)14-16-8-3-2-4-9-16/h2-12,23H,13-15H2,1H3. The molecule has 0 spiro atoms. The van der Waals surface area contributed by atoms with Crippen LogP contribution in [0, 0.1) is 0 Å². The van der Waals surface area contributed by atoms with E-state index in [1.54, 1.807) is 28.0 Å². The molecule has 0 aromatic heterocycles. The number of carbonyl (C=O) groups is 2. The minimum absolute atomic E-state index is 0.179. The maximum Gasteiger partial charge on any atom is 0.339 e. The molecule has 0 bridgehead atoms. The summed E-state index contributed by atoms with van der Waals surface area (Å²) in [7, 11) is 1.34. The molecule has 2 aliphatic heterocycles. The first-order valence-corrected chi connectivity index (χ1v) is 9.13. The van der Waals surface area contributed by atoms with Gasteiger partial charge in [-0.15, -0.1) is 0 Å². The number of nitrogens with one attached hydrogen (secondary N) is 1. The summed E-state index contributed by atoms with van der Waals surface area (Å²) < 4.78 is 4.92. The smallest absolute Gasteiger partial charge is 0.339 e. The summed E-state index contributed by atoms with van der Waals surface area (Å²) in [5, 5.41) is 3.29. The van der Waals surface area contributed by atoms with Crippen molar-refractivity contribution in [2.75, 3.05) is 25.1 Å². The first kappa shape index (κ1) is 17.9. The number of anilines is 1. The summed E-state index contributed by atoms with van der Waals surface area (Å²) in [4.78, 5) is 29.1. The van der Waals surface area contributed by atoms with Crippen molar-refractivity contribution in [2.24, 2.45) is 0 Å². The number of nitrogens with zero attached hydrogens (tertiary/aromatic N) is 2.